The summed E-state index contributed by atoms with van der Waals surface area (Å²) in [5, 5.41) is 9.32. The monoisotopic (exact) mass is 816 g/mol. The van der Waals surface area contributed by atoms with Gasteiger partial charge in [-0.3, -0.25) is 14.6 Å². The number of alkyl carbamates (subject to hydrolysis) is 2. The predicted molar refractivity (Wildman–Crippen MR) is 224 cm³/mol. The van der Waals surface area contributed by atoms with Gasteiger partial charge in [0, 0.05) is 23.3 Å². The minimum Gasteiger partial charge on any atom is -0.453 e. The normalized spacial score (nSPS) is 28.6. The molecular weight excluding hydrogens is 761 g/mol. The lowest BCUT2D eigenvalue weighted by molar-refractivity contribution is -0.137. The molecule has 14 nitrogen and oxygen atoms in total. The van der Waals surface area contributed by atoms with Gasteiger partial charge in [0.2, 0.25) is 11.8 Å². The number of likely N-dealkylation sites (tertiary alicyclic amines) is 2. The number of rotatable bonds is 9. The van der Waals surface area contributed by atoms with Crippen molar-refractivity contribution in [2.24, 2.45) is 28.7 Å². The molecule has 4 amide bonds. The van der Waals surface area contributed by atoms with E-state index in [1.807, 2.05) is 37.5 Å². The van der Waals surface area contributed by atoms with Crippen LogP contribution in [0.2, 0.25) is 0 Å². The number of imidazole rings is 1. The number of hydrogen-bond acceptors (Lipinski definition) is 9. The molecular formula is C46H56N8O6. The zero-order valence-corrected chi connectivity index (χ0v) is 35.3. The van der Waals surface area contributed by atoms with Gasteiger partial charge >= 0.3 is 12.2 Å². The molecule has 2 saturated carbocycles. The fraction of sp³-hybridized carbons (Fsp3) is 0.565. The van der Waals surface area contributed by atoms with Crippen LogP contribution in [-0.2, 0) is 38.3 Å². The molecule has 3 aromatic rings. The van der Waals surface area contributed by atoms with E-state index in [4.69, 9.17) is 19.5 Å². The summed E-state index contributed by atoms with van der Waals surface area (Å²) in [4.78, 5) is 70.4. The summed E-state index contributed by atoms with van der Waals surface area (Å²) in [5.74, 6) is 2.37. The van der Waals surface area contributed by atoms with Gasteiger partial charge in [0.15, 0.2) is 0 Å². The number of aromatic amines is 1. The Kier molecular flexibility index (Phi) is 9.47. The van der Waals surface area contributed by atoms with Crippen LogP contribution >= 0.6 is 0 Å². The molecule has 4 heterocycles. The number of piperidine rings is 2. The van der Waals surface area contributed by atoms with E-state index in [2.05, 4.69) is 57.3 Å². The van der Waals surface area contributed by atoms with Crippen molar-refractivity contribution < 1.29 is 28.7 Å². The molecule has 4 fully saturated rings. The number of ether oxygens (including phenoxy) is 2. The summed E-state index contributed by atoms with van der Waals surface area (Å²) in [5.41, 5.74) is 9.41. The number of hydrogen-bond donors (Lipinski definition) is 4. The lowest BCUT2D eigenvalue weighted by atomic mass is 9.83. The van der Waals surface area contributed by atoms with Crippen molar-refractivity contribution in [3.8, 4) is 22.4 Å². The van der Waals surface area contributed by atoms with Gasteiger partial charge in [-0.25, -0.2) is 14.6 Å². The SMILES string of the molecule is COC(=O)N[C@H](C(=O)N1[C@@H]2C[C@@H]2C[C@H]1C1=NC2c3ccc(-c4ccc5c(c4)CCc4[nH]c([C@@H]6C[C@H]7C[C@H]7N6C(=O)[C@@H](NC(=O)OC)C(C)C)nc4-5)cc3CCC2N1)C(C)C. The van der Waals surface area contributed by atoms with Crippen LogP contribution in [0, 0.1) is 23.7 Å². The molecule has 7 aliphatic rings. The molecule has 4 N–H and O–H groups in total. The number of aromatic nitrogens is 2. The second-order valence-electron chi connectivity index (χ2n) is 18.8. The standard InChI is InChI=1S/C46H56N8O6/c1-21(2)37(51-45(57)59-5)43(55)53-33-17-27(33)19-35(53)41-47-31-13-9-25-15-23(7-11-29(25)39(31)49-41)24-8-12-30-26(16-24)10-14-32-40(30)50-42(48-32)36-20-28-18-34(28)54(36)44(56)38(22(3)4)52-46(58)60-6/h7-8,11-12,15-16,21-22,27-28,31,33-39H,9-10,13-14,17-20H2,1-6H3,(H,47,49)(H,48,50)(H,51,57)(H,52,58)/t27-,28-,31?,33-,34-,35+,36+,37+,38+,39?/m1/s1. The maximum absolute atomic E-state index is 14.0. The molecule has 2 saturated heterocycles. The molecule has 2 unspecified atom stereocenters. The lowest BCUT2D eigenvalue weighted by Crippen LogP contribution is -2.56. The van der Waals surface area contributed by atoms with Gasteiger partial charge in [0.25, 0.3) is 0 Å². The van der Waals surface area contributed by atoms with Crippen LogP contribution in [-0.4, -0.2) is 100 Å². The molecule has 3 aliphatic heterocycles. The number of fused-ring (bicyclic) bond motifs is 8. The second kappa shape index (κ2) is 14.7. The van der Waals surface area contributed by atoms with Crippen LogP contribution in [0.5, 0.6) is 0 Å². The molecule has 2 aromatic carbocycles. The van der Waals surface area contributed by atoms with Gasteiger partial charge in [-0.15, -0.1) is 0 Å². The first-order chi connectivity index (χ1) is 28.9. The fourth-order valence-electron chi connectivity index (χ4n) is 11.1. The Bertz CT molecular complexity index is 2300. The van der Waals surface area contributed by atoms with Crippen molar-refractivity contribution in [2.75, 3.05) is 14.2 Å². The van der Waals surface area contributed by atoms with E-state index in [0.29, 0.717) is 11.8 Å². The Hall–Kier alpha value is -5.40. The number of amides is 4. The molecule has 4 aliphatic carbocycles. The average molecular weight is 817 g/mol. The van der Waals surface area contributed by atoms with Gasteiger partial charge in [0.05, 0.1) is 44.1 Å². The maximum Gasteiger partial charge on any atom is 0.407 e. The highest BCUT2D eigenvalue weighted by Crippen LogP contribution is 2.54. The Labute approximate surface area is 350 Å². The summed E-state index contributed by atoms with van der Waals surface area (Å²) in [6, 6.07) is 12.5. The molecule has 14 heteroatoms. The van der Waals surface area contributed by atoms with Crippen molar-refractivity contribution in [3.63, 3.8) is 0 Å². The smallest absolute Gasteiger partial charge is 0.407 e. The highest BCUT2D eigenvalue weighted by atomic mass is 16.5. The van der Waals surface area contributed by atoms with Gasteiger partial charge in [-0.05, 0) is 103 Å². The number of nitrogens with zero attached hydrogens (tertiary/aromatic N) is 4. The van der Waals surface area contributed by atoms with Crippen molar-refractivity contribution in [2.45, 2.75) is 127 Å². The molecule has 10 rings (SSSR count). The Morgan fingerprint density at radius 1 is 0.750 bits per heavy atom. The van der Waals surface area contributed by atoms with Crippen LogP contribution in [0.15, 0.2) is 41.4 Å². The number of aliphatic imine (C=N–C) groups is 1. The van der Waals surface area contributed by atoms with Crippen LogP contribution in [0.25, 0.3) is 22.4 Å². The quantitative estimate of drug-likeness (QED) is 0.216. The van der Waals surface area contributed by atoms with Crippen molar-refractivity contribution in [1.29, 1.82) is 0 Å². The number of H-pyrrole nitrogens is 1. The zero-order valence-electron chi connectivity index (χ0n) is 35.3. The van der Waals surface area contributed by atoms with E-state index in [-0.39, 0.29) is 59.9 Å². The Balaban J connectivity index is 0.865. The number of aryl methyl sites for hydroxylation is 3. The first kappa shape index (κ1) is 38.8. The largest absolute Gasteiger partial charge is 0.453 e. The first-order valence-corrected chi connectivity index (χ1v) is 21.9. The minimum absolute atomic E-state index is 0.00561. The molecule has 316 valence electrons. The topological polar surface area (TPSA) is 170 Å². The number of benzene rings is 2. The van der Waals surface area contributed by atoms with E-state index in [9.17, 15) is 19.2 Å². The van der Waals surface area contributed by atoms with E-state index in [1.54, 1.807) is 0 Å². The molecule has 60 heavy (non-hydrogen) atoms. The zero-order chi connectivity index (χ0) is 41.7. The van der Waals surface area contributed by atoms with Crippen molar-refractivity contribution in [3.05, 3.63) is 64.6 Å². The van der Waals surface area contributed by atoms with E-state index in [0.717, 1.165) is 80.0 Å². The third kappa shape index (κ3) is 6.52. The van der Waals surface area contributed by atoms with E-state index >= 15 is 0 Å². The first-order valence-electron chi connectivity index (χ1n) is 21.9. The third-order valence-corrected chi connectivity index (χ3v) is 14.4. The second-order valence-corrected chi connectivity index (χ2v) is 18.8. The van der Waals surface area contributed by atoms with Crippen molar-refractivity contribution >= 4 is 29.8 Å². The van der Waals surface area contributed by atoms with Crippen LogP contribution in [0.3, 0.4) is 0 Å². The average Bonchev–Trinajstić information content (AvgIpc) is 3.89. The molecule has 1 aromatic heterocycles. The van der Waals surface area contributed by atoms with Gasteiger partial charge < -0.3 is 40.2 Å². The number of carbonyl (C=O) groups is 4. The maximum atomic E-state index is 14.0. The molecule has 0 spiro atoms. The fourth-order valence-corrected chi connectivity index (χ4v) is 11.1. The van der Waals surface area contributed by atoms with E-state index in [1.165, 1.54) is 42.0 Å². The van der Waals surface area contributed by atoms with Gasteiger partial charge in [0.1, 0.15) is 23.7 Å². The predicted octanol–water partition coefficient (Wildman–Crippen LogP) is 5.61. The summed E-state index contributed by atoms with van der Waals surface area (Å²) >= 11 is 0. The summed E-state index contributed by atoms with van der Waals surface area (Å²) < 4.78 is 9.69. The van der Waals surface area contributed by atoms with Gasteiger partial charge in [-0.2, -0.15) is 0 Å². The number of amidine groups is 1. The molecule has 0 radical (unpaired) electrons. The Morgan fingerprint density at radius 3 is 1.98 bits per heavy atom. The lowest BCUT2D eigenvalue weighted by Gasteiger charge is -2.33. The Morgan fingerprint density at radius 2 is 1.35 bits per heavy atom. The summed E-state index contributed by atoms with van der Waals surface area (Å²) in [6.45, 7) is 7.78. The van der Waals surface area contributed by atoms with Crippen LogP contribution in [0.1, 0.15) is 100 Å². The number of nitrogens with one attached hydrogen (secondary N) is 4. The third-order valence-electron chi connectivity index (χ3n) is 14.4. The molecule has 10 atom stereocenters. The van der Waals surface area contributed by atoms with Crippen LogP contribution in [0.4, 0.5) is 9.59 Å². The van der Waals surface area contributed by atoms with E-state index < -0.39 is 24.3 Å². The summed E-state index contributed by atoms with van der Waals surface area (Å²) in [6.07, 6.45) is 6.21. The highest BCUT2D eigenvalue weighted by Gasteiger charge is 2.58. The molecule has 0 bridgehead atoms. The van der Waals surface area contributed by atoms with Crippen LogP contribution < -0.4 is 16.0 Å². The number of carbonyl (C=O) groups excluding carboxylic acids is 4. The van der Waals surface area contributed by atoms with Gasteiger partial charge in [-0.1, -0.05) is 64.1 Å². The summed E-state index contributed by atoms with van der Waals surface area (Å²) in [7, 11) is 2.64. The highest BCUT2D eigenvalue weighted by molar-refractivity contribution is 5.96. The van der Waals surface area contributed by atoms with Crippen molar-refractivity contribution in [1.82, 2.24) is 35.7 Å². The minimum atomic E-state index is -0.666. The number of methoxy groups -OCH3 is 2.